The van der Waals surface area contributed by atoms with Crippen LogP contribution >= 0.6 is 0 Å². The van der Waals surface area contributed by atoms with E-state index in [-0.39, 0.29) is 22.6 Å². The van der Waals surface area contributed by atoms with Crippen LogP contribution in [0.1, 0.15) is 26.7 Å². The third-order valence-corrected chi connectivity index (χ3v) is 6.15. The number of hydrogen-bond acceptors (Lipinski definition) is 5. The number of nitrogens with zero attached hydrogens (tertiary/aromatic N) is 1. The molecule has 0 aromatic heterocycles. The summed E-state index contributed by atoms with van der Waals surface area (Å²) in [5.41, 5.74) is 1.46. The molecule has 2 N–H and O–H groups in total. The van der Waals surface area contributed by atoms with E-state index in [2.05, 4.69) is 10.0 Å². The Morgan fingerprint density at radius 1 is 1.10 bits per heavy atom. The summed E-state index contributed by atoms with van der Waals surface area (Å²) in [6.45, 7) is 4.16. The van der Waals surface area contributed by atoms with E-state index in [0.717, 1.165) is 6.42 Å². The van der Waals surface area contributed by atoms with Crippen LogP contribution in [0.3, 0.4) is 0 Å². The normalized spacial score (nSPS) is 14.1. The molecule has 1 fully saturated rings. The van der Waals surface area contributed by atoms with Crippen molar-refractivity contribution in [2.24, 2.45) is 5.92 Å². The molecule has 160 valence electrons. The lowest BCUT2D eigenvalue weighted by molar-refractivity contribution is -0.119. The van der Waals surface area contributed by atoms with Crippen LogP contribution in [0.5, 0.6) is 5.75 Å². The molecule has 0 aliphatic carbocycles. The van der Waals surface area contributed by atoms with Crippen LogP contribution in [-0.2, 0) is 19.6 Å². The van der Waals surface area contributed by atoms with Crippen molar-refractivity contribution in [2.45, 2.75) is 31.6 Å². The Balaban J connectivity index is 1.78. The largest absolute Gasteiger partial charge is 0.494 e. The van der Waals surface area contributed by atoms with Crippen LogP contribution in [-0.4, -0.2) is 33.9 Å². The lowest BCUT2D eigenvalue weighted by Crippen LogP contribution is -2.24. The van der Waals surface area contributed by atoms with Gasteiger partial charge in [0.25, 0.3) is 10.0 Å². The zero-order valence-electron chi connectivity index (χ0n) is 17.1. The molecule has 3 rings (SSSR count). The van der Waals surface area contributed by atoms with Gasteiger partial charge in [-0.15, -0.1) is 0 Å². The van der Waals surface area contributed by atoms with Gasteiger partial charge in [-0.2, -0.15) is 0 Å². The van der Waals surface area contributed by atoms with Gasteiger partial charge >= 0.3 is 0 Å². The van der Waals surface area contributed by atoms with Gasteiger partial charge in [0.2, 0.25) is 11.8 Å². The lowest BCUT2D eigenvalue weighted by Gasteiger charge is -2.20. The predicted octanol–water partition coefficient (Wildman–Crippen LogP) is 3.22. The van der Waals surface area contributed by atoms with Gasteiger partial charge in [-0.3, -0.25) is 14.3 Å². The monoisotopic (exact) mass is 431 g/mol. The number of amides is 2. The summed E-state index contributed by atoms with van der Waals surface area (Å²) < 4.78 is 33.4. The van der Waals surface area contributed by atoms with Crippen LogP contribution in [0.2, 0.25) is 0 Å². The van der Waals surface area contributed by atoms with Crippen molar-refractivity contribution in [1.29, 1.82) is 0 Å². The summed E-state index contributed by atoms with van der Waals surface area (Å²) in [6.07, 6.45) is 1.27. The molecule has 9 heteroatoms. The topological polar surface area (TPSA) is 105 Å². The Morgan fingerprint density at radius 2 is 1.77 bits per heavy atom. The fourth-order valence-corrected chi connectivity index (χ4v) is 4.13. The van der Waals surface area contributed by atoms with Crippen LogP contribution < -0.4 is 19.7 Å². The predicted molar refractivity (Wildman–Crippen MR) is 115 cm³/mol. The van der Waals surface area contributed by atoms with Gasteiger partial charge in [-0.05, 0) is 42.8 Å². The molecule has 30 heavy (non-hydrogen) atoms. The first-order chi connectivity index (χ1) is 14.2. The molecular formula is C21H25N3O5S. The number of nitrogens with one attached hydrogen (secondary N) is 2. The molecular weight excluding hydrogens is 406 g/mol. The highest BCUT2D eigenvalue weighted by Gasteiger charge is 2.25. The molecule has 1 aliphatic rings. The fourth-order valence-electron chi connectivity index (χ4n) is 3.09. The van der Waals surface area contributed by atoms with Crippen molar-refractivity contribution in [3.05, 3.63) is 42.5 Å². The van der Waals surface area contributed by atoms with Crippen LogP contribution in [0.25, 0.3) is 0 Å². The second kappa shape index (κ2) is 8.74. The van der Waals surface area contributed by atoms with E-state index in [9.17, 15) is 18.0 Å². The average molecular weight is 432 g/mol. The molecule has 1 saturated heterocycles. The summed E-state index contributed by atoms with van der Waals surface area (Å²) in [5.74, 6) is 0.111. The Bertz CT molecular complexity index is 1050. The first-order valence-electron chi connectivity index (χ1n) is 9.63. The number of sulfonamides is 1. The maximum atomic E-state index is 12.7. The first kappa shape index (κ1) is 21.6. The Morgan fingerprint density at radius 3 is 2.33 bits per heavy atom. The summed E-state index contributed by atoms with van der Waals surface area (Å²) in [4.78, 5) is 25.5. The smallest absolute Gasteiger partial charge is 0.261 e. The van der Waals surface area contributed by atoms with Crippen molar-refractivity contribution in [1.82, 2.24) is 0 Å². The number of ether oxygens (including phenoxy) is 1. The molecule has 0 spiro atoms. The fraction of sp³-hybridized carbons (Fsp3) is 0.333. The molecule has 0 saturated carbocycles. The van der Waals surface area contributed by atoms with E-state index in [4.69, 9.17) is 4.74 Å². The SMILES string of the molecule is COc1cc(NS(=O)(=O)c2ccc(NC(=O)C(C)C)cc2)ccc1N1CCCC1=O. The minimum absolute atomic E-state index is 0.0197. The standard InChI is InChI=1S/C21H25N3O5S/c1-14(2)21(26)22-15-6-9-17(10-7-15)30(27,28)23-16-8-11-18(19(13-16)29-3)24-12-4-5-20(24)25/h6-11,13-14,23H,4-5,12H2,1-3H3,(H,22,26). The Kier molecular flexibility index (Phi) is 6.31. The first-order valence-corrected chi connectivity index (χ1v) is 11.1. The third-order valence-electron chi connectivity index (χ3n) is 4.75. The summed E-state index contributed by atoms with van der Waals surface area (Å²) in [6, 6.07) is 10.7. The second-order valence-corrected chi connectivity index (χ2v) is 8.99. The van der Waals surface area contributed by atoms with Gasteiger partial charge in [0.15, 0.2) is 0 Å². The highest BCUT2D eigenvalue weighted by atomic mass is 32.2. The van der Waals surface area contributed by atoms with Crippen LogP contribution in [0, 0.1) is 5.92 Å². The van der Waals surface area contributed by atoms with Gasteiger partial charge < -0.3 is 15.0 Å². The third kappa shape index (κ3) is 4.73. The molecule has 2 aromatic carbocycles. The highest BCUT2D eigenvalue weighted by Crippen LogP contribution is 2.34. The molecule has 1 aliphatic heterocycles. The zero-order valence-corrected chi connectivity index (χ0v) is 18.0. The van der Waals surface area contributed by atoms with Gasteiger partial charge in [-0.1, -0.05) is 13.8 Å². The van der Waals surface area contributed by atoms with E-state index in [0.29, 0.717) is 35.8 Å². The summed E-state index contributed by atoms with van der Waals surface area (Å²) >= 11 is 0. The van der Waals surface area contributed by atoms with Crippen molar-refractivity contribution in [3.8, 4) is 5.75 Å². The van der Waals surface area contributed by atoms with Gasteiger partial charge in [0.05, 0.1) is 23.4 Å². The van der Waals surface area contributed by atoms with Gasteiger partial charge in [-0.25, -0.2) is 8.42 Å². The van der Waals surface area contributed by atoms with Crippen LogP contribution in [0.4, 0.5) is 17.1 Å². The van der Waals surface area contributed by atoms with E-state index >= 15 is 0 Å². The number of carbonyl (C=O) groups is 2. The number of hydrogen-bond donors (Lipinski definition) is 2. The van der Waals surface area contributed by atoms with Crippen molar-refractivity contribution in [3.63, 3.8) is 0 Å². The lowest BCUT2D eigenvalue weighted by atomic mass is 10.2. The maximum absolute atomic E-state index is 12.7. The minimum Gasteiger partial charge on any atom is -0.494 e. The maximum Gasteiger partial charge on any atom is 0.261 e. The number of rotatable bonds is 7. The minimum atomic E-state index is -3.84. The summed E-state index contributed by atoms with van der Waals surface area (Å²) in [5, 5.41) is 2.72. The van der Waals surface area contributed by atoms with E-state index in [1.165, 1.54) is 31.4 Å². The number of methoxy groups -OCH3 is 1. The Hall–Kier alpha value is -3.07. The number of anilines is 3. The molecule has 0 bridgehead atoms. The molecule has 2 amide bonds. The van der Waals surface area contributed by atoms with Crippen LogP contribution in [0.15, 0.2) is 47.4 Å². The van der Waals surface area contributed by atoms with Crippen molar-refractivity contribution in [2.75, 3.05) is 28.6 Å². The quantitative estimate of drug-likeness (QED) is 0.700. The molecule has 8 nitrogen and oxygen atoms in total. The van der Waals surface area contributed by atoms with Crippen molar-refractivity contribution < 1.29 is 22.7 Å². The molecule has 0 unspecified atom stereocenters. The average Bonchev–Trinajstić information content (AvgIpc) is 3.13. The molecule has 2 aromatic rings. The van der Waals surface area contributed by atoms with Gasteiger partial charge in [0.1, 0.15) is 5.75 Å². The van der Waals surface area contributed by atoms with Crippen molar-refractivity contribution >= 4 is 38.9 Å². The number of benzene rings is 2. The molecule has 0 radical (unpaired) electrons. The van der Waals surface area contributed by atoms with Gasteiger partial charge in [0, 0.05) is 30.6 Å². The highest BCUT2D eigenvalue weighted by molar-refractivity contribution is 7.92. The second-order valence-electron chi connectivity index (χ2n) is 7.31. The Labute approximate surface area is 176 Å². The number of carbonyl (C=O) groups excluding carboxylic acids is 2. The van der Waals surface area contributed by atoms with E-state index in [1.54, 1.807) is 36.9 Å². The van der Waals surface area contributed by atoms with E-state index < -0.39 is 10.0 Å². The molecule has 0 atom stereocenters. The van der Waals surface area contributed by atoms with E-state index in [1.807, 2.05) is 0 Å². The summed E-state index contributed by atoms with van der Waals surface area (Å²) in [7, 11) is -2.37. The zero-order chi connectivity index (χ0) is 21.9. The molecule has 1 heterocycles.